The van der Waals surface area contributed by atoms with E-state index >= 15 is 0 Å². The minimum absolute atomic E-state index is 0.0315. The van der Waals surface area contributed by atoms with Gasteiger partial charge in [0.25, 0.3) is 5.91 Å². The number of amides is 2. The highest BCUT2D eigenvalue weighted by Gasteiger charge is 2.23. The van der Waals surface area contributed by atoms with E-state index in [-0.39, 0.29) is 24.3 Å². The average Bonchev–Trinajstić information content (AvgIpc) is 3.53. The fraction of sp³-hybridized carbons (Fsp3) is 0.360. The Morgan fingerprint density at radius 1 is 1.03 bits per heavy atom. The van der Waals surface area contributed by atoms with E-state index < -0.39 is 0 Å². The van der Waals surface area contributed by atoms with Gasteiger partial charge >= 0.3 is 0 Å². The minimum Gasteiger partial charge on any atom is -0.472 e. The number of piperidine rings is 1. The minimum atomic E-state index is -0.183. The third-order valence-corrected chi connectivity index (χ3v) is 5.79. The highest BCUT2D eigenvalue weighted by molar-refractivity contribution is 5.94. The molecule has 1 saturated heterocycles. The maximum Gasteiger partial charge on any atom is 0.257 e. The zero-order valence-corrected chi connectivity index (χ0v) is 18.1. The number of likely N-dealkylation sites (tertiary alicyclic amines) is 1. The van der Waals surface area contributed by atoms with Crippen LogP contribution in [-0.4, -0.2) is 47.3 Å². The standard InChI is InChI=1S/C25H29N3O4/c29-24(26-22-8-12-27(13-9-22)17-20-5-2-1-3-6-20)10-14-28(18-23-7-4-15-32-23)25(30)21-11-16-31-19-21/h1-7,11,15-16,19,22H,8-10,12-14,17-18H2,(H,26,29). The molecule has 1 N–H and O–H groups in total. The van der Waals surface area contributed by atoms with Gasteiger partial charge in [-0.25, -0.2) is 0 Å². The molecule has 168 valence electrons. The smallest absolute Gasteiger partial charge is 0.257 e. The number of rotatable bonds is 9. The lowest BCUT2D eigenvalue weighted by molar-refractivity contribution is -0.122. The van der Waals surface area contributed by atoms with Gasteiger partial charge in [0.1, 0.15) is 12.0 Å². The van der Waals surface area contributed by atoms with Crippen LogP contribution in [0.4, 0.5) is 0 Å². The molecule has 0 atom stereocenters. The molecule has 3 heterocycles. The molecule has 7 nitrogen and oxygen atoms in total. The Morgan fingerprint density at radius 2 is 1.84 bits per heavy atom. The molecule has 0 radical (unpaired) electrons. The van der Waals surface area contributed by atoms with Crippen LogP contribution in [0.15, 0.2) is 76.2 Å². The molecule has 2 aromatic heterocycles. The molecular formula is C25H29N3O4. The molecule has 1 aromatic carbocycles. The summed E-state index contributed by atoms with van der Waals surface area (Å²) < 4.78 is 10.4. The van der Waals surface area contributed by atoms with Crippen LogP contribution in [0, 0.1) is 0 Å². The fourth-order valence-electron chi connectivity index (χ4n) is 4.03. The maximum absolute atomic E-state index is 12.8. The second-order valence-electron chi connectivity index (χ2n) is 8.17. The van der Waals surface area contributed by atoms with Crippen molar-refractivity contribution in [3.05, 3.63) is 84.2 Å². The number of hydrogen-bond donors (Lipinski definition) is 1. The summed E-state index contributed by atoms with van der Waals surface area (Å²) in [6, 6.07) is 15.9. The zero-order valence-electron chi connectivity index (χ0n) is 18.1. The Labute approximate surface area is 188 Å². The van der Waals surface area contributed by atoms with E-state index in [0.717, 1.165) is 32.5 Å². The van der Waals surface area contributed by atoms with Gasteiger partial charge in [-0.1, -0.05) is 30.3 Å². The Morgan fingerprint density at radius 3 is 2.53 bits per heavy atom. The van der Waals surface area contributed by atoms with Crippen LogP contribution in [0.5, 0.6) is 0 Å². The quantitative estimate of drug-likeness (QED) is 0.555. The first-order valence-electron chi connectivity index (χ1n) is 11.1. The summed E-state index contributed by atoms with van der Waals surface area (Å²) in [5, 5.41) is 3.15. The van der Waals surface area contributed by atoms with Crippen molar-refractivity contribution in [3.63, 3.8) is 0 Å². The Kier molecular flexibility index (Phi) is 7.40. The van der Waals surface area contributed by atoms with E-state index in [0.29, 0.717) is 24.4 Å². The van der Waals surface area contributed by atoms with Crippen molar-refractivity contribution in [2.45, 2.75) is 38.4 Å². The number of furan rings is 2. The molecule has 0 bridgehead atoms. The first-order valence-corrected chi connectivity index (χ1v) is 11.1. The monoisotopic (exact) mass is 435 g/mol. The number of carbonyl (C=O) groups is 2. The van der Waals surface area contributed by atoms with E-state index in [2.05, 4.69) is 34.5 Å². The summed E-state index contributed by atoms with van der Waals surface area (Å²) in [7, 11) is 0. The number of hydrogen-bond acceptors (Lipinski definition) is 5. The largest absolute Gasteiger partial charge is 0.472 e. The van der Waals surface area contributed by atoms with Crippen LogP contribution < -0.4 is 5.32 Å². The molecule has 2 amide bonds. The molecule has 1 fully saturated rings. The van der Waals surface area contributed by atoms with E-state index in [1.807, 2.05) is 12.1 Å². The molecule has 3 aromatic rings. The summed E-state index contributed by atoms with van der Waals surface area (Å²) in [6.07, 6.45) is 6.57. The molecule has 0 spiro atoms. The van der Waals surface area contributed by atoms with Gasteiger partial charge in [-0.15, -0.1) is 0 Å². The van der Waals surface area contributed by atoms with E-state index in [1.165, 1.54) is 18.1 Å². The van der Waals surface area contributed by atoms with Crippen molar-refractivity contribution in [2.75, 3.05) is 19.6 Å². The van der Waals surface area contributed by atoms with Crippen LogP contribution in [-0.2, 0) is 17.9 Å². The molecule has 1 aliphatic rings. The Bertz CT molecular complexity index is 962. The lowest BCUT2D eigenvalue weighted by atomic mass is 10.0. The van der Waals surface area contributed by atoms with Crippen LogP contribution >= 0.6 is 0 Å². The van der Waals surface area contributed by atoms with Gasteiger partial charge in [0.15, 0.2) is 0 Å². The van der Waals surface area contributed by atoms with Gasteiger partial charge in [-0.3, -0.25) is 14.5 Å². The summed E-state index contributed by atoms with van der Waals surface area (Å²) in [4.78, 5) is 29.4. The molecule has 4 rings (SSSR count). The maximum atomic E-state index is 12.8. The van der Waals surface area contributed by atoms with Crippen molar-refractivity contribution in [1.82, 2.24) is 15.1 Å². The molecule has 0 unspecified atom stereocenters. The summed E-state index contributed by atoms with van der Waals surface area (Å²) >= 11 is 0. The van der Waals surface area contributed by atoms with Gasteiger partial charge < -0.3 is 19.1 Å². The zero-order chi connectivity index (χ0) is 22.2. The molecular weight excluding hydrogens is 406 g/mol. The molecule has 1 aliphatic heterocycles. The second-order valence-corrected chi connectivity index (χ2v) is 8.17. The highest BCUT2D eigenvalue weighted by atomic mass is 16.3. The predicted octanol–water partition coefficient (Wildman–Crippen LogP) is 3.69. The third-order valence-electron chi connectivity index (χ3n) is 5.79. The van der Waals surface area contributed by atoms with Crippen molar-refractivity contribution >= 4 is 11.8 Å². The summed E-state index contributed by atoms with van der Waals surface area (Å²) in [5.74, 6) is 0.459. The van der Waals surface area contributed by atoms with Gasteiger partial charge in [-0.05, 0) is 36.6 Å². The van der Waals surface area contributed by atoms with E-state index in [4.69, 9.17) is 8.83 Å². The van der Waals surface area contributed by atoms with Crippen LogP contribution in [0.1, 0.15) is 40.9 Å². The third kappa shape index (κ3) is 6.11. The number of nitrogens with one attached hydrogen (secondary N) is 1. The lowest BCUT2D eigenvalue weighted by Gasteiger charge is -2.32. The normalized spacial score (nSPS) is 14.9. The number of benzene rings is 1. The van der Waals surface area contributed by atoms with Crippen molar-refractivity contribution in [2.24, 2.45) is 0 Å². The van der Waals surface area contributed by atoms with Gasteiger partial charge in [0.05, 0.1) is 24.6 Å². The van der Waals surface area contributed by atoms with E-state index in [9.17, 15) is 9.59 Å². The molecule has 7 heteroatoms. The Hall–Kier alpha value is -3.32. The van der Waals surface area contributed by atoms with Crippen LogP contribution in [0.2, 0.25) is 0 Å². The highest BCUT2D eigenvalue weighted by Crippen LogP contribution is 2.15. The van der Waals surface area contributed by atoms with Crippen molar-refractivity contribution in [1.29, 1.82) is 0 Å². The topological polar surface area (TPSA) is 78.9 Å². The molecule has 0 saturated carbocycles. The fourth-order valence-corrected chi connectivity index (χ4v) is 4.03. The summed E-state index contributed by atoms with van der Waals surface area (Å²) in [5.41, 5.74) is 1.77. The Balaban J connectivity index is 1.24. The van der Waals surface area contributed by atoms with Crippen LogP contribution in [0.3, 0.4) is 0 Å². The van der Waals surface area contributed by atoms with Crippen molar-refractivity contribution in [3.8, 4) is 0 Å². The lowest BCUT2D eigenvalue weighted by Crippen LogP contribution is -2.45. The molecule has 0 aliphatic carbocycles. The second kappa shape index (κ2) is 10.8. The van der Waals surface area contributed by atoms with E-state index in [1.54, 1.807) is 23.3 Å². The predicted molar refractivity (Wildman–Crippen MR) is 120 cm³/mol. The average molecular weight is 436 g/mol. The first-order chi connectivity index (χ1) is 15.7. The SMILES string of the molecule is O=C(CCN(Cc1ccco1)C(=O)c1ccoc1)NC1CCN(Cc2ccccc2)CC1. The summed E-state index contributed by atoms with van der Waals surface area (Å²) in [6.45, 7) is 3.48. The molecule has 32 heavy (non-hydrogen) atoms. The van der Waals surface area contributed by atoms with Crippen LogP contribution in [0.25, 0.3) is 0 Å². The van der Waals surface area contributed by atoms with Gasteiger partial charge in [-0.2, -0.15) is 0 Å². The number of nitrogens with zero attached hydrogens (tertiary/aromatic N) is 2. The van der Waals surface area contributed by atoms with Crippen molar-refractivity contribution < 1.29 is 18.4 Å². The van der Waals surface area contributed by atoms with Gasteiger partial charge in [0.2, 0.25) is 5.91 Å². The number of carbonyl (C=O) groups excluding carboxylic acids is 2. The van der Waals surface area contributed by atoms with Gasteiger partial charge in [0, 0.05) is 38.6 Å². The first kappa shape index (κ1) is 21.9.